The number of aromatic amines is 2. The number of aryl methyl sites for hydroxylation is 1. The fourth-order valence-electron chi connectivity index (χ4n) is 4.03. The number of nitrogens with zero attached hydrogens (tertiary/aromatic N) is 2. The van der Waals surface area contributed by atoms with Crippen LogP contribution in [0.1, 0.15) is 43.7 Å². The minimum Gasteiger partial charge on any atom is -0.494 e. The van der Waals surface area contributed by atoms with E-state index in [1.54, 1.807) is 6.07 Å². The quantitative estimate of drug-likeness (QED) is 0.250. The van der Waals surface area contributed by atoms with Crippen LogP contribution in [0.25, 0.3) is 33.8 Å². The van der Waals surface area contributed by atoms with E-state index in [-0.39, 0.29) is 28.4 Å². The summed E-state index contributed by atoms with van der Waals surface area (Å²) in [7, 11) is 0. The molecule has 2 N–H and O–H groups in total. The molecule has 9 heteroatoms. The van der Waals surface area contributed by atoms with Gasteiger partial charge in [0.05, 0.1) is 17.7 Å². The number of hydrogen-bond acceptors (Lipinski definition) is 4. The molecule has 36 heavy (non-hydrogen) atoms. The molecule has 0 radical (unpaired) electrons. The van der Waals surface area contributed by atoms with Crippen molar-refractivity contribution >= 4 is 0 Å². The van der Waals surface area contributed by atoms with Crippen molar-refractivity contribution < 1.29 is 17.9 Å². The van der Waals surface area contributed by atoms with E-state index in [1.807, 2.05) is 31.2 Å². The lowest BCUT2D eigenvalue weighted by molar-refractivity contribution is -0.137. The number of nitrogens with one attached hydrogen (secondary N) is 2. The highest BCUT2D eigenvalue weighted by Gasteiger charge is 2.35. The molecular formula is C27H27F3N4O2. The third-order valence-electron chi connectivity index (χ3n) is 5.90. The lowest BCUT2D eigenvalue weighted by Gasteiger charge is -2.17. The molecule has 0 amide bonds. The molecule has 2 aromatic heterocycles. The zero-order valence-corrected chi connectivity index (χ0v) is 20.1. The number of ether oxygens (including phenoxy) is 1. The number of unbranched alkanes of at least 4 members (excludes halogenated alkanes) is 3. The van der Waals surface area contributed by atoms with Crippen LogP contribution in [0.2, 0.25) is 0 Å². The number of hydrogen-bond donors (Lipinski definition) is 2. The topological polar surface area (TPSA) is 83.7 Å². The second-order valence-electron chi connectivity index (χ2n) is 8.62. The average Bonchev–Trinajstić information content (AvgIpc) is 3.38. The van der Waals surface area contributed by atoms with Crippen molar-refractivity contribution in [2.24, 2.45) is 0 Å². The molecule has 0 aliphatic rings. The largest absolute Gasteiger partial charge is 0.494 e. The molecule has 4 rings (SSSR count). The zero-order valence-electron chi connectivity index (χ0n) is 20.1. The van der Waals surface area contributed by atoms with Crippen LogP contribution < -0.4 is 10.3 Å². The normalized spacial score (nSPS) is 11.6. The van der Waals surface area contributed by atoms with Gasteiger partial charge in [-0.25, -0.2) is 4.98 Å². The van der Waals surface area contributed by atoms with Crippen molar-refractivity contribution in [3.05, 3.63) is 76.3 Å². The molecule has 0 aliphatic heterocycles. The molecule has 0 unspecified atom stereocenters. The predicted octanol–water partition coefficient (Wildman–Crippen LogP) is 6.78. The molecule has 0 bridgehead atoms. The molecule has 2 aromatic carbocycles. The Kier molecular flexibility index (Phi) is 7.57. The second kappa shape index (κ2) is 10.8. The van der Waals surface area contributed by atoms with Crippen LogP contribution in [0.5, 0.6) is 5.75 Å². The van der Waals surface area contributed by atoms with Gasteiger partial charge in [-0.2, -0.15) is 18.3 Å². The van der Waals surface area contributed by atoms with Crippen molar-refractivity contribution in [1.29, 1.82) is 0 Å². The summed E-state index contributed by atoms with van der Waals surface area (Å²) in [5.41, 5.74) is 0.747. The molecule has 4 aromatic rings. The molecule has 0 aliphatic carbocycles. The Morgan fingerprint density at radius 2 is 1.75 bits per heavy atom. The summed E-state index contributed by atoms with van der Waals surface area (Å²) in [6.07, 6.45) is 0.460. The maximum Gasteiger partial charge on any atom is 0.417 e. The lowest BCUT2D eigenvalue weighted by atomic mass is 9.95. The van der Waals surface area contributed by atoms with Gasteiger partial charge in [-0.3, -0.25) is 9.89 Å². The van der Waals surface area contributed by atoms with E-state index in [4.69, 9.17) is 4.74 Å². The number of H-pyrrole nitrogens is 2. The first-order chi connectivity index (χ1) is 17.3. The highest BCUT2D eigenvalue weighted by Crippen LogP contribution is 2.40. The van der Waals surface area contributed by atoms with Crippen molar-refractivity contribution in [1.82, 2.24) is 20.2 Å². The van der Waals surface area contributed by atoms with Gasteiger partial charge >= 0.3 is 6.18 Å². The van der Waals surface area contributed by atoms with Crippen molar-refractivity contribution in [2.75, 3.05) is 6.61 Å². The summed E-state index contributed by atoms with van der Waals surface area (Å²) in [5.74, 6) is 0.364. The van der Waals surface area contributed by atoms with E-state index >= 15 is 0 Å². The maximum absolute atomic E-state index is 14.1. The Labute approximate surface area is 206 Å². The minimum atomic E-state index is -4.65. The number of halogens is 3. The van der Waals surface area contributed by atoms with Gasteiger partial charge in [0.2, 0.25) is 0 Å². The summed E-state index contributed by atoms with van der Waals surface area (Å²) in [6.45, 7) is 4.35. The molecule has 188 valence electrons. The third kappa shape index (κ3) is 5.67. The summed E-state index contributed by atoms with van der Waals surface area (Å²) >= 11 is 0. The summed E-state index contributed by atoms with van der Waals surface area (Å²) in [4.78, 5) is 19.9. The van der Waals surface area contributed by atoms with Gasteiger partial charge in [0, 0.05) is 16.8 Å². The predicted molar refractivity (Wildman–Crippen MR) is 133 cm³/mol. The molecular weight excluding hydrogens is 469 g/mol. The number of pyridine rings is 1. The van der Waals surface area contributed by atoms with E-state index in [0.717, 1.165) is 37.3 Å². The Morgan fingerprint density at radius 1 is 0.972 bits per heavy atom. The second-order valence-corrected chi connectivity index (χ2v) is 8.62. The minimum absolute atomic E-state index is 0.0423. The van der Waals surface area contributed by atoms with Gasteiger partial charge in [0.15, 0.2) is 5.82 Å². The molecule has 0 saturated heterocycles. The first-order valence-corrected chi connectivity index (χ1v) is 11.8. The molecule has 2 heterocycles. The van der Waals surface area contributed by atoms with Crippen LogP contribution in [0.15, 0.2) is 59.7 Å². The number of rotatable bonds is 9. The van der Waals surface area contributed by atoms with Crippen LogP contribution in [-0.2, 0) is 6.18 Å². The fourth-order valence-corrected chi connectivity index (χ4v) is 4.03. The van der Waals surface area contributed by atoms with Gasteiger partial charge in [-0.05, 0) is 43.2 Å². The SMILES string of the molecule is CCCCCCOc1ccc(-c2cc(-c3ccc(C)cc3)c(-c3ncn[nH]3)c(=O)[nH]2)c(C(F)(F)F)c1. The maximum atomic E-state index is 14.1. The first kappa shape index (κ1) is 25.2. The van der Waals surface area contributed by atoms with E-state index in [1.165, 1.54) is 18.5 Å². The van der Waals surface area contributed by atoms with Crippen LogP contribution in [0.4, 0.5) is 13.2 Å². The fraction of sp³-hybridized carbons (Fsp3) is 0.296. The van der Waals surface area contributed by atoms with Gasteiger partial charge in [0.25, 0.3) is 5.56 Å². The molecule has 0 saturated carbocycles. The summed E-state index contributed by atoms with van der Waals surface area (Å²) < 4.78 is 47.9. The standard InChI is InChI=1S/C27H27F3N4O2/c1-3-4-5-6-13-36-19-11-12-20(22(14-19)27(28,29)30)23-15-21(18-9-7-17(2)8-10-18)24(26(35)33-23)25-31-16-32-34-25/h7-12,14-16H,3-6,13H2,1-2H3,(H,33,35)(H,31,32,34). The average molecular weight is 497 g/mol. The van der Waals surface area contributed by atoms with Gasteiger partial charge in [-0.15, -0.1) is 0 Å². The van der Waals surface area contributed by atoms with Gasteiger partial charge in [0.1, 0.15) is 12.1 Å². The van der Waals surface area contributed by atoms with E-state index < -0.39 is 17.3 Å². The van der Waals surface area contributed by atoms with E-state index in [2.05, 4.69) is 27.1 Å². The third-order valence-corrected chi connectivity index (χ3v) is 5.90. The Hall–Kier alpha value is -3.88. The monoisotopic (exact) mass is 496 g/mol. The lowest BCUT2D eigenvalue weighted by Crippen LogP contribution is -2.15. The number of alkyl halides is 3. The number of aromatic nitrogens is 4. The highest BCUT2D eigenvalue weighted by atomic mass is 19.4. The summed E-state index contributed by atoms with van der Waals surface area (Å²) in [5, 5.41) is 6.49. The van der Waals surface area contributed by atoms with Crippen molar-refractivity contribution in [3.63, 3.8) is 0 Å². The molecule has 6 nitrogen and oxygen atoms in total. The van der Waals surface area contributed by atoms with Crippen LogP contribution in [0, 0.1) is 6.92 Å². The van der Waals surface area contributed by atoms with Crippen LogP contribution >= 0.6 is 0 Å². The Bertz CT molecular complexity index is 1360. The Morgan fingerprint density at radius 3 is 2.42 bits per heavy atom. The highest BCUT2D eigenvalue weighted by molar-refractivity contribution is 5.83. The van der Waals surface area contributed by atoms with E-state index in [0.29, 0.717) is 17.7 Å². The van der Waals surface area contributed by atoms with Crippen molar-refractivity contribution in [3.8, 4) is 39.5 Å². The summed E-state index contributed by atoms with van der Waals surface area (Å²) in [6, 6.07) is 12.7. The smallest absolute Gasteiger partial charge is 0.417 e. The van der Waals surface area contributed by atoms with E-state index in [9.17, 15) is 18.0 Å². The zero-order chi connectivity index (χ0) is 25.7. The number of benzene rings is 2. The molecule has 0 spiro atoms. The van der Waals surface area contributed by atoms with Gasteiger partial charge in [-0.1, -0.05) is 56.0 Å². The van der Waals surface area contributed by atoms with Gasteiger partial charge < -0.3 is 9.72 Å². The molecule has 0 atom stereocenters. The van der Waals surface area contributed by atoms with Crippen LogP contribution in [0.3, 0.4) is 0 Å². The van der Waals surface area contributed by atoms with Crippen molar-refractivity contribution in [2.45, 2.75) is 45.7 Å². The van der Waals surface area contributed by atoms with Crippen LogP contribution in [-0.4, -0.2) is 26.8 Å². The Balaban J connectivity index is 1.80. The molecule has 0 fully saturated rings. The first-order valence-electron chi connectivity index (χ1n) is 11.8.